The molecule has 1 amide bonds. The van der Waals surface area contributed by atoms with E-state index >= 15 is 0 Å². The van der Waals surface area contributed by atoms with Crippen molar-refractivity contribution in [2.75, 3.05) is 0 Å². The van der Waals surface area contributed by atoms with Gasteiger partial charge in [0.15, 0.2) is 0 Å². The number of thiazole rings is 1. The monoisotopic (exact) mass is 319 g/mol. The van der Waals surface area contributed by atoms with E-state index in [2.05, 4.69) is 15.3 Å². The van der Waals surface area contributed by atoms with E-state index in [1.165, 1.54) is 11.3 Å². The highest BCUT2D eigenvalue weighted by Gasteiger charge is 2.20. The zero-order valence-electron chi connectivity index (χ0n) is 13.6. The number of rotatable bonds is 4. The first-order chi connectivity index (χ1) is 10.2. The molecular weight excluding hydrogens is 298 g/mol. The predicted molar refractivity (Wildman–Crippen MR) is 87.4 cm³/mol. The van der Waals surface area contributed by atoms with Crippen LogP contribution in [0.3, 0.4) is 0 Å². The van der Waals surface area contributed by atoms with Gasteiger partial charge in [-0.25, -0.2) is 4.98 Å². The van der Waals surface area contributed by atoms with Crippen molar-refractivity contribution in [1.82, 2.24) is 15.3 Å². The average molecular weight is 319 g/mol. The van der Waals surface area contributed by atoms with Crippen LogP contribution in [0.4, 0.5) is 0 Å². The van der Waals surface area contributed by atoms with Crippen LogP contribution in [0, 0.1) is 13.8 Å². The summed E-state index contributed by atoms with van der Waals surface area (Å²) in [4.78, 5) is 21.4. The third-order valence-electron chi connectivity index (χ3n) is 2.78. The molecule has 0 spiro atoms. The van der Waals surface area contributed by atoms with Crippen LogP contribution < -0.4 is 10.1 Å². The molecule has 0 aromatic carbocycles. The number of hydrogen-bond donors (Lipinski definition) is 1. The first-order valence-corrected chi connectivity index (χ1v) is 7.90. The van der Waals surface area contributed by atoms with Gasteiger partial charge in [-0.15, -0.1) is 11.3 Å². The Labute approximate surface area is 134 Å². The van der Waals surface area contributed by atoms with E-state index in [1.54, 1.807) is 6.20 Å². The van der Waals surface area contributed by atoms with E-state index in [9.17, 15) is 4.79 Å². The van der Waals surface area contributed by atoms with Crippen LogP contribution in [0.15, 0.2) is 18.3 Å². The van der Waals surface area contributed by atoms with E-state index in [-0.39, 0.29) is 11.4 Å². The van der Waals surface area contributed by atoms with Crippen LogP contribution in [0.5, 0.6) is 5.75 Å². The van der Waals surface area contributed by atoms with Crippen molar-refractivity contribution < 1.29 is 9.53 Å². The number of hydrogen-bond acceptors (Lipinski definition) is 5. The minimum atomic E-state index is -0.266. The summed E-state index contributed by atoms with van der Waals surface area (Å²) >= 11 is 1.36. The topological polar surface area (TPSA) is 64.1 Å². The van der Waals surface area contributed by atoms with E-state index in [4.69, 9.17) is 4.74 Å². The Morgan fingerprint density at radius 3 is 2.64 bits per heavy atom. The van der Waals surface area contributed by atoms with Gasteiger partial charge in [-0.2, -0.15) is 0 Å². The first kappa shape index (κ1) is 16.4. The summed E-state index contributed by atoms with van der Waals surface area (Å²) in [5.74, 6) is 0.602. The number of aromatic nitrogens is 2. The zero-order valence-corrected chi connectivity index (χ0v) is 14.4. The summed E-state index contributed by atoms with van der Waals surface area (Å²) in [6.45, 7) is 9.96. The fraction of sp³-hybridized carbons (Fsp3) is 0.438. The number of ether oxygens (including phenoxy) is 1. The number of carbonyl (C=O) groups excluding carboxylic acids is 1. The summed E-state index contributed by atoms with van der Waals surface area (Å²) in [6, 6.07) is 3.76. The van der Waals surface area contributed by atoms with Crippen LogP contribution in [-0.2, 0) is 6.61 Å². The number of carbonyl (C=O) groups is 1. The van der Waals surface area contributed by atoms with Crippen molar-refractivity contribution in [3.05, 3.63) is 39.6 Å². The third kappa shape index (κ3) is 4.53. The van der Waals surface area contributed by atoms with Crippen LogP contribution in [0.2, 0.25) is 0 Å². The molecule has 0 radical (unpaired) electrons. The molecule has 0 aliphatic carbocycles. The molecule has 0 unspecified atom stereocenters. The van der Waals surface area contributed by atoms with Gasteiger partial charge in [-0.3, -0.25) is 9.78 Å². The molecule has 5 nitrogen and oxygen atoms in total. The number of pyridine rings is 1. The molecule has 2 rings (SSSR count). The number of nitrogens with one attached hydrogen (secondary N) is 1. The minimum Gasteiger partial charge on any atom is -0.485 e. The third-order valence-corrected chi connectivity index (χ3v) is 3.91. The molecule has 2 aromatic heterocycles. The summed E-state index contributed by atoms with van der Waals surface area (Å²) in [5, 5.41) is 3.73. The van der Waals surface area contributed by atoms with Gasteiger partial charge in [0.2, 0.25) is 0 Å². The Kier molecular flexibility index (Phi) is 4.81. The van der Waals surface area contributed by atoms with Gasteiger partial charge < -0.3 is 10.1 Å². The molecule has 2 aromatic rings. The normalized spacial score (nSPS) is 11.3. The lowest BCUT2D eigenvalue weighted by Crippen LogP contribution is -2.40. The zero-order chi connectivity index (χ0) is 16.3. The standard InChI is InChI=1S/C16H21N3O2S/c1-10-6-7-12(8-17-10)21-9-13-18-11(2)14(22-13)15(20)19-16(3,4)5/h6-8H,9H2,1-5H3,(H,19,20). The van der Waals surface area contributed by atoms with Gasteiger partial charge in [0.1, 0.15) is 22.2 Å². The van der Waals surface area contributed by atoms with Crippen molar-refractivity contribution in [3.63, 3.8) is 0 Å². The summed E-state index contributed by atoms with van der Waals surface area (Å²) in [6.07, 6.45) is 1.68. The van der Waals surface area contributed by atoms with E-state index in [0.29, 0.717) is 17.2 Å². The van der Waals surface area contributed by atoms with Crippen molar-refractivity contribution in [1.29, 1.82) is 0 Å². The number of aryl methyl sites for hydroxylation is 2. The number of amides is 1. The lowest BCUT2D eigenvalue weighted by Gasteiger charge is -2.19. The van der Waals surface area contributed by atoms with Crippen molar-refractivity contribution in [2.24, 2.45) is 0 Å². The smallest absolute Gasteiger partial charge is 0.263 e. The van der Waals surface area contributed by atoms with Crippen molar-refractivity contribution in [3.8, 4) is 5.75 Å². The maximum Gasteiger partial charge on any atom is 0.263 e. The molecule has 0 aliphatic rings. The van der Waals surface area contributed by atoms with Crippen LogP contribution in [-0.4, -0.2) is 21.4 Å². The molecule has 22 heavy (non-hydrogen) atoms. The quantitative estimate of drug-likeness (QED) is 0.939. The highest BCUT2D eigenvalue weighted by molar-refractivity contribution is 7.13. The maximum atomic E-state index is 12.2. The summed E-state index contributed by atoms with van der Waals surface area (Å²) < 4.78 is 5.65. The molecule has 2 heterocycles. The second-order valence-electron chi connectivity index (χ2n) is 6.15. The Hall–Kier alpha value is -1.95. The fourth-order valence-corrected chi connectivity index (χ4v) is 2.68. The van der Waals surface area contributed by atoms with Crippen LogP contribution in [0.1, 0.15) is 46.8 Å². The molecule has 0 atom stereocenters. The molecule has 6 heteroatoms. The molecule has 0 bridgehead atoms. The minimum absolute atomic E-state index is 0.0919. The summed E-state index contributed by atoms with van der Waals surface area (Å²) in [5.41, 5.74) is 1.41. The van der Waals surface area contributed by atoms with Crippen molar-refractivity contribution >= 4 is 17.2 Å². The molecule has 0 saturated heterocycles. The molecular formula is C16H21N3O2S. The Morgan fingerprint density at radius 1 is 1.32 bits per heavy atom. The summed E-state index contributed by atoms with van der Waals surface area (Å²) in [7, 11) is 0. The van der Waals surface area contributed by atoms with E-state index in [0.717, 1.165) is 16.4 Å². The first-order valence-electron chi connectivity index (χ1n) is 7.09. The van der Waals surface area contributed by atoms with Crippen molar-refractivity contribution in [2.45, 2.75) is 46.8 Å². The van der Waals surface area contributed by atoms with Crippen LogP contribution >= 0.6 is 11.3 Å². The molecule has 0 aliphatic heterocycles. The Bertz CT molecular complexity index is 657. The lowest BCUT2D eigenvalue weighted by molar-refractivity contribution is 0.0923. The van der Waals surface area contributed by atoms with Crippen LogP contribution in [0.25, 0.3) is 0 Å². The SMILES string of the molecule is Cc1ccc(OCc2nc(C)c(C(=O)NC(C)(C)C)s2)cn1. The second-order valence-corrected chi connectivity index (χ2v) is 7.23. The fourth-order valence-electron chi connectivity index (χ4n) is 1.81. The predicted octanol–water partition coefficient (Wildman–Crippen LogP) is 3.26. The Morgan fingerprint density at radius 2 is 2.05 bits per heavy atom. The van der Waals surface area contributed by atoms with Gasteiger partial charge >= 0.3 is 0 Å². The van der Waals surface area contributed by atoms with E-state index < -0.39 is 0 Å². The lowest BCUT2D eigenvalue weighted by atomic mass is 10.1. The largest absolute Gasteiger partial charge is 0.485 e. The Balaban J connectivity index is 2.03. The molecule has 1 N–H and O–H groups in total. The maximum absolute atomic E-state index is 12.2. The molecule has 0 fully saturated rings. The van der Waals surface area contributed by atoms with Gasteiger partial charge in [-0.1, -0.05) is 0 Å². The molecule has 0 saturated carbocycles. The number of nitrogens with zero attached hydrogens (tertiary/aromatic N) is 2. The average Bonchev–Trinajstić information content (AvgIpc) is 2.77. The highest BCUT2D eigenvalue weighted by Crippen LogP contribution is 2.21. The van der Waals surface area contributed by atoms with E-state index in [1.807, 2.05) is 46.8 Å². The van der Waals surface area contributed by atoms with Gasteiger partial charge in [0.25, 0.3) is 5.91 Å². The van der Waals surface area contributed by atoms with Gasteiger partial charge in [0, 0.05) is 11.2 Å². The van der Waals surface area contributed by atoms with Gasteiger partial charge in [0.05, 0.1) is 11.9 Å². The van der Waals surface area contributed by atoms with Gasteiger partial charge in [-0.05, 0) is 46.8 Å². The highest BCUT2D eigenvalue weighted by atomic mass is 32.1. The molecule has 118 valence electrons. The second kappa shape index (κ2) is 6.44.